The number of carbonyl (C=O) groups is 1. The lowest BCUT2D eigenvalue weighted by atomic mass is 10.1. The Balaban J connectivity index is 2.99. The molecule has 0 aliphatic rings. The molecule has 0 saturated heterocycles. The third-order valence-corrected chi connectivity index (χ3v) is 1.97. The van der Waals surface area contributed by atoms with Crippen molar-refractivity contribution in [3.63, 3.8) is 0 Å². The molecule has 0 aromatic carbocycles. The van der Waals surface area contributed by atoms with Gasteiger partial charge in [0.15, 0.2) is 0 Å². The smallest absolute Gasteiger partial charge is 0.309 e. The van der Waals surface area contributed by atoms with Gasteiger partial charge in [0.05, 0.1) is 19.2 Å². The molecule has 0 unspecified atom stereocenters. The van der Waals surface area contributed by atoms with Crippen LogP contribution in [0.2, 0.25) is 0 Å². The van der Waals surface area contributed by atoms with Crippen molar-refractivity contribution in [1.82, 2.24) is 4.98 Å². The monoisotopic (exact) mass is 230 g/mol. The van der Waals surface area contributed by atoms with Crippen LogP contribution < -0.4 is 5.73 Å². The van der Waals surface area contributed by atoms with Gasteiger partial charge in [0.25, 0.3) is 6.43 Å². The van der Waals surface area contributed by atoms with Gasteiger partial charge in [-0.05, 0) is 17.7 Å². The molecule has 2 N–H and O–H groups in total. The van der Waals surface area contributed by atoms with Crippen LogP contribution in [-0.4, -0.2) is 18.1 Å². The molecular formula is C10H12F2N2O2. The third-order valence-electron chi connectivity index (χ3n) is 1.97. The van der Waals surface area contributed by atoms with E-state index in [2.05, 4.69) is 9.72 Å². The summed E-state index contributed by atoms with van der Waals surface area (Å²) in [7, 11) is 1.24. The Labute approximate surface area is 91.4 Å². The van der Waals surface area contributed by atoms with Crippen LogP contribution in [0.5, 0.6) is 0 Å². The van der Waals surface area contributed by atoms with E-state index in [1.165, 1.54) is 19.2 Å². The third kappa shape index (κ3) is 3.23. The number of aromatic nitrogens is 1. The molecule has 0 bridgehead atoms. The number of nitrogens with two attached hydrogens (primary N) is 1. The van der Waals surface area contributed by atoms with E-state index in [4.69, 9.17) is 5.73 Å². The zero-order chi connectivity index (χ0) is 12.1. The van der Waals surface area contributed by atoms with Gasteiger partial charge in [0, 0.05) is 6.54 Å². The van der Waals surface area contributed by atoms with Gasteiger partial charge in [-0.15, -0.1) is 0 Å². The van der Waals surface area contributed by atoms with Crippen LogP contribution in [0.4, 0.5) is 8.78 Å². The molecule has 0 fully saturated rings. The number of alkyl halides is 2. The van der Waals surface area contributed by atoms with Crippen molar-refractivity contribution in [2.45, 2.75) is 19.4 Å². The van der Waals surface area contributed by atoms with E-state index in [9.17, 15) is 13.6 Å². The molecule has 0 atom stereocenters. The molecule has 0 spiro atoms. The van der Waals surface area contributed by atoms with Gasteiger partial charge < -0.3 is 10.5 Å². The minimum absolute atomic E-state index is 0.0503. The second-order valence-electron chi connectivity index (χ2n) is 3.15. The Kier molecular flexibility index (Phi) is 4.30. The van der Waals surface area contributed by atoms with E-state index < -0.39 is 12.4 Å². The average molecular weight is 230 g/mol. The molecule has 0 amide bonds. The maximum Gasteiger partial charge on any atom is 0.309 e. The molecular weight excluding hydrogens is 218 g/mol. The second kappa shape index (κ2) is 5.50. The lowest BCUT2D eigenvalue weighted by Gasteiger charge is -2.06. The Hall–Kier alpha value is -1.56. The van der Waals surface area contributed by atoms with Crippen molar-refractivity contribution in [2.24, 2.45) is 5.73 Å². The number of pyridine rings is 1. The van der Waals surface area contributed by atoms with Crippen molar-refractivity contribution in [3.05, 3.63) is 29.1 Å². The van der Waals surface area contributed by atoms with E-state index in [1.807, 2.05) is 0 Å². The fourth-order valence-corrected chi connectivity index (χ4v) is 1.23. The van der Waals surface area contributed by atoms with Crippen LogP contribution in [0.3, 0.4) is 0 Å². The van der Waals surface area contributed by atoms with E-state index in [1.54, 1.807) is 0 Å². The SMILES string of the molecule is COC(=O)Cc1cc(CN)nc(C(F)F)c1. The van der Waals surface area contributed by atoms with Crippen LogP contribution >= 0.6 is 0 Å². The lowest BCUT2D eigenvalue weighted by molar-refractivity contribution is -0.139. The number of halogens is 2. The number of rotatable bonds is 4. The molecule has 16 heavy (non-hydrogen) atoms. The first-order chi connectivity index (χ1) is 7.56. The Morgan fingerprint density at radius 3 is 2.75 bits per heavy atom. The van der Waals surface area contributed by atoms with Crippen LogP contribution in [0.15, 0.2) is 12.1 Å². The summed E-state index contributed by atoms with van der Waals surface area (Å²) in [5.41, 5.74) is 5.71. The minimum atomic E-state index is -2.68. The number of nitrogens with zero attached hydrogens (tertiary/aromatic N) is 1. The summed E-state index contributed by atoms with van der Waals surface area (Å²) in [4.78, 5) is 14.7. The van der Waals surface area contributed by atoms with Gasteiger partial charge in [0.2, 0.25) is 0 Å². The van der Waals surface area contributed by atoms with E-state index in [0.29, 0.717) is 11.3 Å². The Morgan fingerprint density at radius 2 is 2.25 bits per heavy atom. The second-order valence-corrected chi connectivity index (χ2v) is 3.15. The highest BCUT2D eigenvalue weighted by atomic mass is 19.3. The van der Waals surface area contributed by atoms with Crippen LogP contribution in [0.25, 0.3) is 0 Å². The summed E-state index contributed by atoms with van der Waals surface area (Å²) in [5.74, 6) is -0.491. The molecule has 0 radical (unpaired) electrons. The summed E-state index contributed by atoms with van der Waals surface area (Å²) in [6, 6.07) is 2.70. The first-order valence-electron chi connectivity index (χ1n) is 4.61. The molecule has 1 heterocycles. The van der Waals surface area contributed by atoms with Crippen LogP contribution in [-0.2, 0) is 22.5 Å². The van der Waals surface area contributed by atoms with Gasteiger partial charge in [-0.1, -0.05) is 0 Å². The number of methoxy groups -OCH3 is 1. The van der Waals surface area contributed by atoms with Crippen molar-refractivity contribution in [1.29, 1.82) is 0 Å². The Bertz CT molecular complexity index is 383. The molecule has 4 nitrogen and oxygen atoms in total. The van der Waals surface area contributed by atoms with Crippen molar-refractivity contribution in [3.8, 4) is 0 Å². The van der Waals surface area contributed by atoms with Gasteiger partial charge in [-0.3, -0.25) is 9.78 Å². The minimum Gasteiger partial charge on any atom is -0.469 e. The molecule has 1 rings (SSSR count). The zero-order valence-corrected chi connectivity index (χ0v) is 8.74. The highest BCUT2D eigenvalue weighted by molar-refractivity contribution is 5.72. The lowest BCUT2D eigenvalue weighted by Crippen LogP contribution is -2.08. The van der Waals surface area contributed by atoms with Gasteiger partial charge >= 0.3 is 5.97 Å². The van der Waals surface area contributed by atoms with Crippen molar-refractivity contribution < 1.29 is 18.3 Å². The largest absolute Gasteiger partial charge is 0.469 e. The number of hydrogen-bond acceptors (Lipinski definition) is 4. The summed E-state index contributed by atoms with van der Waals surface area (Å²) >= 11 is 0. The molecule has 0 saturated carbocycles. The fourth-order valence-electron chi connectivity index (χ4n) is 1.23. The highest BCUT2D eigenvalue weighted by Crippen LogP contribution is 2.18. The van der Waals surface area contributed by atoms with Gasteiger partial charge in [-0.25, -0.2) is 8.78 Å². The van der Waals surface area contributed by atoms with Crippen molar-refractivity contribution >= 4 is 5.97 Å². The molecule has 1 aromatic rings. The summed E-state index contributed by atoms with van der Waals surface area (Å²) < 4.78 is 29.4. The molecule has 0 aliphatic carbocycles. The number of esters is 1. The normalized spacial score (nSPS) is 10.6. The number of ether oxygens (including phenoxy) is 1. The van der Waals surface area contributed by atoms with Crippen LogP contribution in [0.1, 0.15) is 23.4 Å². The molecule has 6 heteroatoms. The number of carbonyl (C=O) groups excluding carboxylic acids is 1. The standard InChI is InChI=1S/C10H12F2N2O2/c1-16-9(15)4-6-2-7(5-13)14-8(3-6)10(11)12/h2-3,10H,4-5,13H2,1H3. The van der Waals surface area contributed by atoms with E-state index in [-0.39, 0.29) is 18.7 Å². The highest BCUT2D eigenvalue weighted by Gasteiger charge is 2.13. The van der Waals surface area contributed by atoms with Gasteiger partial charge in [-0.2, -0.15) is 0 Å². The summed E-state index contributed by atoms with van der Waals surface area (Å²) in [5, 5.41) is 0. The van der Waals surface area contributed by atoms with E-state index in [0.717, 1.165) is 0 Å². The quantitative estimate of drug-likeness (QED) is 0.789. The first kappa shape index (κ1) is 12.5. The summed E-state index contributed by atoms with van der Waals surface area (Å²) in [6.45, 7) is 0.0503. The average Bonchev–Trinajstić information content (AvgIpc) is 2.28. The maximum absolute atomic E-state index is 12.5. The van der Waals surface area contributed by atoms with Crippen LogP contribution in [0, 0.1) is 0 Å². The fraction of sp³-hybridized carbons (Fsp3) is 0.400. The predicted molar refractivity (Wildman–Crippen MR) is 52.8 cm³/mol. The zero-order valence-electron chi connectivity index (χ0n) is 8.74. The van der Waals surface area contributed by atoms with E-state index >= 15 is 0 Å². The predicted octanol–water partition coefficient (Wildman–Crippen LogP) is 1.19. The molecule has 1 aromatic heterocycles. The van der Waals surface area contributed by atoms with Crippen molar-refractivity contribution in [2.75, 3.05) is 7.11 Å². The topological polar surface area (TPSA) is 65.2 Å². The first-order valence-corrected chi connectivity index (χ1v) is 4.61. The molecule has 0 aliphatic heterocycles. The Morgan fingerprint density at radius 1 is 1.56 bits per heavy atom. The molecule has 88 valence electrons. The summed E-state index contributed by atoms with van der Waals surface area (Å²) in [6.07, 6.45) is -2.74. The maximum atomic E-state index is 12.5. The van der Waals surface area contributed by atoms with Gasteiger partial charge in [0.1, 0.15) is 5.69 Å². The number of hydrogen-bond donors (Lipinski definition) is 1.